The lowest BCUT2D eigenvalue weighted by Gasteiger charge is -2.04. The van der Waals surface area contributed by atoms with Crippen LogP contribution in [0, 0.1) is 0 Å². The number of hydrogen-bond acceptors (Lipinski definition) is 4. The van der Waals surface area contributed by atoms with Gasteiger partial charge in [-0.3, -0.25) is 4.79 Å². The van der Waals surface area contributed by atoms with Crippen LogP contribution in [0.5, 0.6) is 0 Å². The van der Waals surface area contributed by atoms with Gasteiger partial charge >= 0.3 is 0 Å². The maximum absolute atomic E-state index is 12.2. The van der Waals surface area contributed by atoms with Crippen molar-refractivity contribution in [1.82, 2.24) is 5.16 Å². The smallest absolute Gasteiger partial charge is 0.277 e. The predicted octanol–water partition coefficient (Wildman–Crippen LogP) is 3.78. The monoisotopic (exact) mass is 342 g/mol. The average molecular weight is 343 g/mol. The Morgan fingerprint density at radius 3 is 2.67 bits per heavy atom. The fourth-order valence-electron chi connectivity index (χ4n) is 2.24. The van der Waals surface area contributed by atoms with Gasteiger partial charge in [0.1, 0.15) is 0 Å². The number of aromatic nitrogens is 1. The molecule has 1 aromatic heterocycles. The molecule has 3 rings (SSSR count). The van der Waals surface area contributed by atoms with Gasteiger partial charge < -0.3 is 14.9 Å². The van der Waals surface area contributed by atoms with E-state index in [2.05, 4.69) is 10.5 Å². The molecular weight excluding hydrogens is 328 g/mol. The topological polar surface area (TPSA) is 75.4 Å². The van der Waals surface area contributed by atoms with Crippen molar-refractivity contribution in [1.29, 1.82) is 0 Å². The summed E-state index contributed by atoms with van der Waals surface area (Å²) in [6.45, 7) is 0.0942. The van der Waals surface area contributed by atoms with Gasteiger partial charge in [-0.25, -0.2) is 0 Å². The Kier molecular flexibility index (Phi) is 4.93. The summed E-state index contributed by atoms with van der Waals surface area (Å²) in [7, 11) is 0. The lowest BCUT2D eigenvalue weighted by molar-refractivity contribution is 0.101. The second-order valence-electron chi connectivity index (χ2n) is 5.21. The van der Waals surface area contributed by atoms with Crippen LogP contribution in [0.25, 0.3) is 11.3 Å². The summed E-state index contributed by atoms with van der Waals surface area (Å²) in [6.07, 6.45) is 0.584. The molecule has 0 saturated heterocycles. The van der Waals surface area contributed by atoms with Crippen molar-refractivity contribution in [2.45, 2.75) is 6.42 Å². The zero-order valence-electron chi connectivity index (χ0n) is 12.7. The summed E-state index contributed by atoms with van der Waals surface area (Å²) in [5, 5.41) is 16.0. The standard InChI is InChI=1S/C18H15ClN2O3/c19-14-3-1-2-13(10-14)17-11-16(21-24-17)18(23)20-15-6-4-12(5-7-15)8-9-22/h1-7,10-11,22H,8-9H2,(H,20,23). The third-order valence-corrected chi connectivity index (χ3v) is 3.70. The third kappa shape index (κ3) is 3.82. The molecule has 3 aromatic rings. The largest absolute Gasteiger partial charge is 0.396 e. The van der Waals surface area contributed by atoms with E-state index in [1.807, 2.05) is 18.2 Å². The molecule has 0 radical (unpaired) electrons. The molecule has 0 saturated carbocycles. The molecule has 0 aliphatic rings. The first-order chi connectivity index (χ1) is 11.7. The summed E-state index contributed by atoms with van der Waals surface area (Å²) in [5.74, 6) is 0.114. The number of hydrogen-bond donors (Lipinski definition) is 2. The predicted molar refractivity (Wildman–Crippen MR) is 92.1 cm³/mol. The van der Waals surface area contributed by atoms with Crippen molar-refractivity contribution in [3.05, 3.63) is 70.9 Å². The maximum atomic E-state index is 12.2. The number of aliphatic hydroxyl groups excluding tert-OH is 1. The van der Waals surface area contributed by atoms with E-state index < -0.39 is 0 Å². The maximum Gasteiger partial charge on any atom is 0.277 e. The fraction of sp³-hybridized carbons (Fsp3) is 0.111. The van der Waals surface area contributed by atoms with Crippen LogP contribution in [-0.2, 0) is 6.42 Å². The van der Waals surface area contributed by atoms with Gasteiger partial charge in [0, 0.05) is 28.9 Å². The molecule has 0 aliphatic carbocycles. The molecule has 122 valence electrons. The molecule has 5 nitrogen and oxygen atoms in total. The summed E-state index contributed by atoms with van der Waals surface area (Å²) < 4.78 is 5.22. The second-order valence-corrected chi connectivity index (χ2v) is 5.65. The number of anilines is 1. The van der Waals surface area contributed by atoms with E-state index in [0.29, 0.717) is 22.9 Å². The number of benzene rings is 2. The van der Waals surface area contributed by atoms with Crippen molar-refractivity contribution in [2.75, 3.05) is 11.9 Å². The SMILES string of the molecule is O=C(Nc1ccc(CCO)cc1)c1cc(-c2cccc(Cl)c2)on1. The average Bonchev–Trinajstić information content (AvgIpc) is 3.07. The first kappa shape index (κ1) is 16.2. The minimum Gasteiger partial charge on any atom is -0.396 e. The molecule has 6 heteroatoms. The van der Waals surface area contributed by atoms with Crippen LogP contribution in [0.15, 0.2) is 59.1 Å². The molecule has 0 fully saturated rings. The number of amides is 1. The summed E-state index contributed by atoms with van der Waals surface area (Å²) in [6, 6.07) is 16.0. The zero-order valence-corrected chi connectivity index (χ0v) is 13.5. The van der Waals surface area contributed by atoms with Crippen molar-refractivity contribution in [3.63, 3.8) is 0 Å². The summed E-state index contributed by atoms with van der Waals surface area (Å²) in [4.78, 5) is 12.2. The van der Waals surface area contributed by atoms with E-state index >= 15 is 0 Å². The van der Waals surface area contributed by atoms with Crippen molar-refractivity contribution in [3.8, 4) is 11.3 Å². The molecule has 0 atom stereocenters. The lowest BCUT2D eigenvalue weighted by atomic mass is 10.1. The number of carbonyl (C=O) groups is 1. The third-order valence-electron chi connectivity index (χ3n) is 3.46. The Morgan fingerprint density at radius 2 is 1.96 bits per heavy atom. The Bertz CT molecular complexity index is 843. The number of nitrogens with one attached hydrogen (secondary N) is 1. The first-order valence-electron chi connectivity index (χ1n) is 7.39. The molecule has 2 aromatic carbocycles. The van der Waals surface area contributed by atoms with Gasteiger partial charge in [-0.15, -0.1) is 0 Å². The number of carbonyl (C=O) groups excluding carboxylic acids is 1. The molecule has 24 heavy (non-hydrogen) atoms. The van der Waals surface area contributed by atoms with Crippen molar-refractivity contribution in [2.24, 2.45) is 0 Å². The number of halogens is 1. The van der Waals surface area contributed by atoms with E-state index in [0.717, 1.165) is 11.1 Å². The highest BCUT2D eigenvalue weighted by atomic mass is 35.5. The molecule has 1 amide bonds. The van der Waals surface area contributed by atoms with Gasteiger partial charge in [-0.1, -0.05) is 41.0 Å². The van der Waals surface area contributed by atoms with Gasteiger partial charge in [0.15, 0.2) is 11.5 Å². The molecule has 2 N–H and O–H groups in total. The van der Waals surface area contributed by atoms with Gasteiger partial charge in [-0.05, 0) is 36.2 Å². The zero-order chi connectivity index (χ0) is 16.9. The quantitative estimate of drug-likeness (QED) is 0.739. The molecule has 0 aliphatic heterocycles. The minimum atomic E-state index is -0.359. The molecule has 0 unspecified atom stereocenters. The van der Waals surface area contributed by atoms with E-state index in [1.165, 1.54) is 0 Å². The Hall–Kier alpha value is -2.63. The van der Waals surface area contributed by atoms with Crippen LogP contribution in [0.3, 0.4) is 0 Å². The number of nitrogens with zero attached hydrogens (tertiary/aromatic N) is 1. The normalized spacial score (nSPS) is 10.6. The lowest BCUT2D eigenvalue weighted by Crippen LogP contribution is -2.12. The Balaban J connectivity index is 1.71. The van der Waals surface area contributed by atoms with Crippen LogP contribution in [0.4, 0.5) is 5.69 Å². The van der Waals surface area contributed by atoms with Gasteiger partial charge in [-0.2, -0.15) is 0 Å². The minimum absolute atomic E-state index is 0.0942. The van der Waals surface area contributed by atoms with Crippen LogP contribution in [0.2, 0.25) is 5.02 Å². The van der Waals surface area contributed by atoms with Crippen LogP contribution < -0.4 is 5.32 Å². The van der Waals surface area contributed by atoms with Crippen LogP contribution >= 0.6 is 11.6 Å². The van der Waals surface area contributed by atoms with Gasteiger partial charge in [0.2, 0.25) is 0 Å². The van der Waals surface area contributed by atoms with E-state index in [1.54, 1.807) is 36.4 Å². The number of rotatable bonds is 5. The molecule has 0 bridgehead atoms. The first-order valence-corrected chi connectivity index (χ1v) is 7.77. The van der Waals surface area contributed by atoms with Gasteiger partial charge in [0.05, 0.1) is 0 Å². The van der Waals surface area contributed by atoms with Crippen molar-refractivity contribution < 1.29 is 14.4 Å². The Labute approximate surface area is 143 Å². The molecule has 0 spiro atoms. The van der Waals surface area contributed by atoms with E-state index in [-0.39, 0.29) is 18.2 Å². The highest BCUT2D eigenvalue weighted by Gasteiger charge is 2.14. The van der Waals surface area contributed by atoms with Crippen molar-refractivity contribution >= 4 is 23.2 Å². The molecular formula is C18H15ClN2O3. The summed E-state index contributed by atoms with van der Waals surface area (Å²) >= 11 is 5.95. The number of aliphatic hydroxyl groups is 1. The van der Waals surface area contributed by atoms with E-state index in [4.69, 9.17) is 21.2 Å². The second kappa shape index (κ2) is 7.29. The summed E-state index contributed by atoms with van der Waals surface area (Å²) in [5.41, 5.74) is 2.58. The Morgan fingerprint density at radius 1 is 1.17 bits per heavy atom. The van der Waals surface area contributed by atoms with Crippen LogP contribution in [0.1, 0.15) is 16.1 Å². The molecule has 1 heterocycles. The highest BCUT2D eigenvalue weighted by Crippen LogP contribution is 2.23. The van der Waals surface area contributed by atoms with E-state index in [9.17, 15) is 4.79 Å². The van der Waals surface area contributed by atoms with Gasteiger partial charge in [0.25, 0.3) is 5.91 Å². The fourth-order valence-corrected chi connectivity index (χ4v) is 2.43. The van der Waals surface area contributed by atoms with Crippen LogP contribution in [-0.4, -0.2) is 22.8 Å². The highest BCUT2D eigenvalue weighted by molar-refractivity contribution is 6.30.